The van der Waals surface area contributed by atoms with Crippen LogP contribution in [0.2, 0.25) is 0 Å². The molecule has 0 bridgehead atoms. The third-order valence-electron chi connectivity index (χ3n) is 7.85. The van der Waals surface area contributed by atoms with E-state index in [2.05, 4.69) is 20.5 Å². The molecule has 0 fully saturated rings. The van der Waals surface area contributed by atoms with Crippen molar-refractivity contribution >= 4 is 75.9 Å². The number of benzene rings is 6. The molecule has 242 valence electrons. The van der Waals surface area contributed by atoms with Crippen molar-refractivity contribution in [2.45, 2.75) is 23.6 Å². The van der Waals surface area contributed by atoms with Crippen molar-refractivity contribution in [2.75, 3.05) is 11.5 Å². The summed E-state index contributed by atoms with van der Waals surface area (Å²) in [6, 6.07) is 25.9. The first kappa shape index (κ1) is 39.2. The molecule has 12 nitrogen and oxygen atoms in total. The largest absolute Gasteiger partial charge is 1.00 e. The molecule has 0 heterocycles. The van der Waals surface area contributed by atoms with Crippen molar-refractivity contribution in [3.63, 3.8) is 0 Å². The zero-order valence-electron chi connectivity index (χ0n) is 27.4. The van der Waals surface area contributed by atoms with Crippen molar-refractivity contribution in [3.8, 4) is 11.1 Å². The van der Waals surface area contributed by atoms with Crippen molar-refractivity contribution in [1.82, 2.24) is 0 Å². The number of anilines is 2. The normalized spacial score (nSPS) is 12.0. The number of azo groups is 2. The Balaban J connectivity index is 0.00000281. The number of nitrogens with two attached hydrogens (primary N) is 2. The van der Waals surface area contributed by atoms with Gasteiger partial charge in [-0.25, -0.2) is 16.8 Å². The fourth-order valence-corrected chi connectivity index (χ4v) is 6.93. The first-order valence-corrected chi connectivity index (χ1v) is 17.1. The fourth-order valence-electron chi connectivity index (χ4n) is 5.53. The van der Waals surface area contributed by atoms with Crippen LogP contribution in [0, 0.1) is 13.8 Å². The van der Waals surface area contributed by atoms with E-state index in [0.29, 0.717) is 22.1 Å². The van der Waals surface area contributed by atoms with Gasteiger partial charge in [-0.3, -0.25) is 0 Å². The van der Waals surface area contributed by atoms with Gasteiger partial charge < -0.3 is 20.6 Å². The molecular formula is C34H26N6Na2O6S2. The summed E-state index contributed by atoms with van der Waals surface area (Å²) >= 11 is 0. The second kappa shape index (κ2) is 15.4. The number of aryl methyl sites for hydroxylation is 2. The molecule has 0 unspecified atom stereocenters. The van der Waals surface area contributed by atoms with E-state index in [0.717, 1.165) is 34.4 Å². The van der Waals surface area contributed by atoms with Gasteiger partial charge in [-0.1, -0.05) is 60.7 Å². The molecule has 0 spiro atoms. The second-order valence-corrected chi connectivity index (χ2v) is 13.7. The van der Waals surface area contributed by atoms with E-state index in [1.807, 2.05) is 26.0 Å². The van der Waals surface area contributed by atoms with E-state index in [1.54, 1.807) is 60.7 Å². The standard InChI is InChI=1S/C34H28N6O6S2.2Na/c1-19-15-21(37-39-29-17-31(47(41,42)43)25-7-3-5-9-27(25)33(29)35)11-13-23(19)24-14-12-22(16-20(24)2)38-40-30-18-32(48(44,45)46)26-8-4-6-10-28(26)34(30)36;;/h3-18H,35-36H2,1-2H3,(H,41,42,43)(H,44,45,46);;/q;2*+1/p-2. The molecule has 16 heteroatoms. The minimum atomic E-state index is -4.80. The number of fused-ring (bicyclic) bond motifs is 2. The average Bonchev–Trinajstić information content (AvgIpc) is 3.03. The van der Waals surface area contributed by atoms with Crippen LogP contribution in [0.4, 0.5) is 34.1 Å². The Hall–Kier alpha value is -3.54. The Morgan fingerprint density at radius 1 is 0.500 bits per heavy atom. The van der Waals surface area contributed by atoms with Gasteiger partial charge in [-0.05, 0) is 72.5 Å². The Bertz CT molecular complexity index is 2400. The van der Waals surface area contributed by atoms with E-state index >= 15 is 0 Å². The van der Waals surface area contributed by atoms with Crippen molar-refractivity contribution in [2.24, 2.45) is 20.5 Å². The Labute approximate surface area is 332 Å². The molecule has 4 N–H and O–H groups in total. The summed E-state index contributed by atoms with van der Waals surface area (Å²) < 4.78 is 71.6. The van der Waals surface area contributed by atoms with Crippen LogP contribution >= 0.6 is 0 Å². The van der Waals surface area contributed by atoms with Gasteiger partial charge in [0, 0.05) is 21.5 Å². The number of rotatable bonds is 7. The summed E-state index contributed by atoms with van der Waals surface area (Å²) in [5.74, 6) is 0. The van der Waals surface area contributed by atoms with E-state index in [9.17, 15) is 25.9 Å². The van der Waals surface area contributed by atoms with Crippen LogP contribution in [0.15, 0.2) is 127 Å². The van der Waals surface area contributed by atoms with Gasteiger partial charge in [0.05, 0.1) is 32.5 Å². The molecule has 6 aromatic rings. The first-order chi connectivity index (χ1) is 22.7. The summed E-state index contributed by atoms with van der Waals surface area (Å²) in [6.45, 7) is 3.80. The van der Waals surface area contributed by atoms with Crippen LogP contribution in [-0.2, 0) is 20.2 Å². The Morgan fingerprint density at radius 2 is 0.840 bits per heavy atom. The zero-order valence-corrected chi connectivity index (χ0v) is 33.1. The second-order valence-electron chi connectivity index (χ2n) is 11.0. The SMILES string of the molecule is Cc1cc(N=Nc2cc(S(=O)(=O)[O-])c3ccccc3c2N)ccc1-c1ccc(N=Nc2cc(S(=O)(=O)[O-])c3ccccc3c2N)cc1C.[Na+].[Na+]. The van der Waals surface area contributed by atoms with Gasteiger partial charge in [0.25, 0.3) is 0 Å². The average molecular weight is 725 g/mol. The predicted molar refractivity (Wildman–Crippen MR) is 182 cm³/mol. The molecule has 0 saturated heterocycles. The van der Waals surface area contributed by atoms with Gasteiger partial charge in [0.15, 0.2) is 0 Å². The minimum Gasteiger partial charge on any atom is -0.744 e. The van der Waals surface area contributed by atoms with Crippen LogP contribution in [0.1, 0.15) is 11.1 Å². The van der Waals surface area contributed by atoms with E-state index in [1.165, 1.54) is 12.1 Å². The van der Waals surface area contributed by atoms with Crippen molar-refractivity contribution in [3.05, 3.63) is 108 Å². The molecule has 0 aliphatic rings. The van der Waals surface area contributed by atoms with Gasteiger partial charge in [-0.15, -0.1) is 10.2 Å². The van der Waals surface area contributed by atoms with E-state index in [-0.39, 0.29) is 92.6 Å². The fraction of sp³-hybridized carbons (Fsp3) is 0.0588. The number of nitrogen functional groups attached to an aromatic ring is 2. The van der Waals surface area contributed by atoms with Gasteiger partial charge in [0.1, 0.15) is 31.6 Å². The number of hydrogen-bond donors (Lipinski definition) is 2. The third kappa shape index (κ3) is 8.00. The van der Waals surface area contributed by atoms with Gasteiger partial charge in [-0.2, -0.15) is 10.2 Å². The molecule has 0 radical (unpaired) electrons. The number of nitrogens with zero attached hydrogens (tertiary/aromatic N) is 4. The molecule has 0 saturated carbocycles. The molecule has 6 aromatic carbocycles. The summed E-state index contributed by atoms with van der Waals surface area (Å²) in [5.41, 5.74) is 17.5. The van der Waals surface area contributed by atoms with Gasteiger partial charge in [0.2, 0.25) is 0 Å². The summed E-state index contributed by atoms with van der Waals surface area (Å²) in [5, 5.41) is 18.1. The first-order valence-electron chi connectivity index (χ1n) is 14.3. The molecule has 0 aliphatic carbocycles. The van der Waals surface area contributed by atoms with E-state index in [4.69, 9.17) is 11.5 Å². The molecule has 0 aromatic heterocycles. The smallest absolute Gasteiger partial charge is 0.744 e. The van der Waals surface area contributed by atoms with Crippen LogP contribution < -0.4 is 70.6 Å². The molecule has 50 heavy (non-hydrogen) atoms. The quantitative estimate of drug-likeness (QED) is 0.107. The summed E-state index contributed by atoms with van der Waals surface area (Å²) in [4.78, 5) is -0.848. The Kier molecular flexibility index (Phi) is 12.1. The Morgan fingerprint density at radius 3 is 1.16 bits per heavy atom. The van der Waals surface area contributed by atoms with Crippen LogP contribution in [0.5, 0.6) is 0 Å². The molecular weight excluding hydrogens is 699 g/mol. The summed E-state index contributed by atoms with van der Waals surface area (Å²) in [7, 11) is -9.59. The molecule has 6 rings (SSSR count). The predicted octanol–water partition coefficient (Wildman–Crippen LogP) is 2.09. The molecule has 0 amide bonds. The van der Waals surface area contributed by atoms with Gasteiger partial charge >= 0.3 is 59.1 Å². The third-order valence-corrected chi connectivity index (χ3v) is 9.60. The van der Waals surface area contributed by atoms with Crippen molar-refractivity contribution in [1.29, 1.82) is 0 Å². The van der Waals surface area contributed by atoms with Crippen molar-refractivity contribution < 1.29 is 85.1 Å². The zero-order chi connectivity index (χ0) is 34.4. The van der Waals surface area contributed by atoms with Crippen LogP contribution in [0.3, 0.4) is 0 Å². The molecule has 0 atom stereocenters. The monoisotopic (exact) mass is 724 g/mol. The van der Waals surface area contributed by atoms with E-state index < -0.39 is 30.0 Å². The number of hydrogen-bond acceptors (Lipinski definition) is 12. The summed E-state index contributed by atoms with van der Waals surface area (Å²) in [6.07, 6.45) is 0. The maximum absolute atomic E-state index is 11.9. The molecule has 0 aliphatic heterocycles. The maximum atomic E-state index is 11.9. The van der Waals surface area contributed by atoms with Crippen LogP contribution in [-0.4, -0.2) is 25.9 Å². The minimum absolute atomic E-state index is 0. The maximum Gasteiger partial charge on any atom is 1.00 e. The topological polar surface area (TPSA) is 216 Å². The van der Waals surface area contributed by atoms with Crippen LogP contribution in [0.25, 0.3) is 32.7 Å².